The second-order valence-corrected chi connectivity index (χ2v) is 5.95. The summed E-state index contributed by atoms with van der Waals surface area (Å²) in [5.74, 6) is 0. The van der Waals surface area contributed by atoms with E-state index in [0.29, 0.717) is 0 Å². The van der Waals surface area contributed by atoms with Crippen molar-refractivity contribution in [1.29, 1.82) is 0 Å². The summed E-state index contributed by atoms with van der Waals surface area (Å²) < 4.78 is 0. The molecule has 1 aromatic carbocycles. The van der Waals surface area contributed by atoms with E-state index >= 15 is 0 Å². The van der Waals surface area contributed by atoms with Gasteiger partial charge >= 0.3 is 0 Å². The second-order valence-electron chi connectivity index (χ2n) is 4.10. The first kappa shape index (κ1) is 14.8. The summed E-state index contributed by atoms with van der Waals surface area (Å²) in [7, 11) is 0. The molecule has 17 heavy (non-hydrogen) atoms. The maximum absolute atomic E-state index is 9.46. The van der Waals surface area contributed by atoms with Gasteiger partial charge in [-0.2, -0.15) is 0 Å². The standard InChI is InChI=1S/C13H20ClNOS/c1-4-15-8-11-5-6-12(7-13(11)14)17-10(3)9(2)16/h5-7,9-10,15-16H,4,8H2,1-3H3. The van der Waals surface area contributed by atoms with Crippen LogP contribution in [0.1, 0.15) is 26.3 Å². The zero-order chi connectivity index (χ0) is 12.8. The highest BCUT2D eigenvalue weighted by atomic mass is 35.5. The lowest BCUT2D eigenvalue weighted by Crippen LogP contribution is -2.15. The third-order valence-electron chi connectivity index (χ3n) is 2.59. The Morgan fingerprint density at radius 3 is 2.65 bits per heavy atom. The minimum Gasteiger partial charge on any atom is -0.392 e. The molecule has 2 nitrogen and oxygen atoms in total. The van der Waals surface area contributed by atoms with E-state index in [-0.39, 0.29) is 11.4 Å². The molecule has 1 aromatic rings. The van der Waals surface area contributed by atoms with Crippen LogP contribution >= 0.6 is 23.4 Å². The molecule has 1 rings (SSSR count). The van der Waals surface area contributed by atoms with E-state index < -0.39 is 0 Å². The van der Waals surface area contributed by atoms with E-state index in [1.54, 1.807) is 18.7 Å². The lowest BCUT2D eigenvalue weighted by Gasteiger charge is -2.15. The molecule has 4 heteroatoms. The van der Waals surface area contributed by atoms with Crippen molar-refractivity contribution in [2.45, 2.75) is 43.6 Å². The minimum absolute atomic E-state index is 0.172. The van der Waals surface area contributed by atoms with Crippen LogP contribution in [-0.4, -0.2) is 23.0 Å². The molecule has 0 saturated carbocycles. The fraction of sp³-hybridized carbons (Fsp3) is 0.538. The number of halogens is 1. The number of rotatable bonds is 6. The number of nitrogens with one attached hydrogen (secondary N) is 1. The van der Waals surface area contributed by atoms with Crippen molar-refractivity contribution in [3.63, 3.8) is 0 Å². The SMILES string of the molecule is CCNCc1ccc(SC(C)C(C)O)cc1Cl. The number of benzene rings is 1. The van der Waals surface area contributed by atoms with Crippen LogP contribution in [0.2, 0.25) is 5.02 Å². The number of aliphatic hydroxyl groups is 1. The van der Waals surface area contributed by atoms with Gasteiger partial charge in [0.25, 0.3) is 0 Å². The molecule has 2 atom stereocenters. The predicted octanol–water partition coefficient (Wildman–Crippen LogP) is 3.31. The Kier molecular flexibility index (Phi) is 6.34. The largest absolute Gasteiger partial charge is 0.392 e. The zero-order valence-electron chi connectivity index (χ0n) is 10.5. The van der Waals surface area contributed by atoms with Gasteiger partial charge < -0.3 is 10.4 Å². The monoisotopic (exact) mass is 273 g/mol. The van der Waals surface area contributed by atoms with Crippen molar-refractivity contribution in [2.24, 2.45) is 0 Å². The predicted molar refractivity (Wildman–Crippen MR) is 75.8 cm³/mol. The Hall–Kier alpha value is -0.220. The molecule has 2 N–H and O–H groups in total. The number of aliphatic hydroxyl groups excluding tert-OH is 1. The van der Waals surface area contributed by atoms with Gasteiger partial charge in [-0.1, -0.05) is 31.5 Å². The molecule has 0 aliphatic carbocycles. The fourth-order valence-electron chi connectivity index (χ4n) is 1.32. The highest BCUT2D eigenvalue weighted by Crippen LogP contribution is 2.29. The fourth-order valence-corrected chi connectivity index (χ4v) is 2.59. The molecule has 96 valence electrons. The van der Waals surface area contributed by atoms with Gasteiger partial charge in [0.2, 0.25) is 0 Å². The molecular formula is C13H20ClNOS. The van der Waals surface area contributed by atoms with Gasteiger partial charge in [0, 0.05) is 21.7 Å². The maximum atomic E-state index is 9.46. The van der Waals surface area contributed by atoms with Crippen LogP contribution in [0.3, 0.4) is 0 Å². The average Bonchev–Trinajstić information content (AvgIpc) is 2.28. The maximum Gasteiger partial charge on any atom is 0.0631 e. The van der Waals surface area contributed by atoms with Crippen LogP contribution in [0.4, 0.5) is 0 Å². The molecule has 0 saturated heterocycles. The molecule has 0 heterocycles. The van der Waals surface area contributed by atoms with Crippen LogP contribution in [0.5, 0.6) is 0 Å². The lowest BCUT2D eigenvalue weighted by atomic mass is 10.2. The van der Waals surface area contributed by atoms with E-state index in [1.165, 1.54) is 0 Å². The minimum atomic E-state index is -0.319. The summed E-state index contributed by atoms with van der Waals surface area (Å²) in [6.07, 6.45) is -0.319. The van der Waals surface area contributed by atoms with Gasteiger partial charge in [0.05, 0.1) is 6.10 Å². The molecule has 0 aliphatic heterocycles. The van der Waals surface area contributed by atoms with Gasteiger partial charge in [0.15, 0.2) is 0 Å². The van der Waals surface area contributed by atoms with E-state index in [9.17, 15) is 5.11 Å². The molecular weight excluding hydrogens is 254 g/mol. The Morgan fingerprint density at radius 1 is 1.41 bits per heavy atom. The molecule has 0 bridgehead atoms. The second kappa shape index (κ2) is 7.27. The first-order valence-corrected chi connectivity index (χ1v) is 7.14. The lowest BCUT2D eigenvalue weighted by molar-refractivity contribution is 0.196. The quantitative estimate of drug-likeness (QED) is 0.780. The molecule has 2 unspecified atom stereocenters. The van der Waals surface area contributed by atoms with Crippen molar-refractivity contribution < 1.29 is 5.11 Å². The van der Waals surface area contributed by atoms with Crippen molar-refractivity contribution in [3.8, 4) is 0 Å². The first-order valence-electron chi connectivity index (χ1n) is 5.88. The van der Waals surface area contributed by atoms with Crippen LogP contribution in [0, 0.1) is 0 Å². The number of thioether (sulfide) groups is 1. The van der Waals surface area contributed by atoms with Gasteiger partial charge in [-0.3, -0.25) is 0 Å². The molecule has 0 spiro atoms. The van der Waals surface area contributed by atoms with Crippen molar-refractivity contribution in [2.75, 3.05) is 6.54 Å². The Balaban J connectivity index is 2.68. The average molecular weight is 274 g/mol. The number of hydrogen-bond donors (Lipinski definition) is 2. The summed E-state index contributed by atoms with van der Waals surface area (Å²) in [5, 5.41) is 13.7. The summed E-state index contributed by atoms with van der Waals surface area (Å²) in [4.78, 5) is 1.10. The Bertz CT molecular complexity index is 357. The van der Waals surface area contributed by atoms with Crippen LogP contribution in [0.15, 0.2) is 23.1 Å². The highest BCUT2D eigenvalue weighted by Gasteiger charge is 2.11. The number of hydrogen-bond acceptors (Lipinski definition) is 3. The first-order chi connectivity index (χ1) is 8.04. The van der Waals surface area contributed by atoms with Crippen LogP contribution in [-0.2, 0) is 6.54 Å². The van der Waals surface area contributed by atoms with Gasteiger partial charge in [-0.25, -0.2) is 0 Å². The smallest absolute Gasteiger partial charge is 0.0631 e. The van der Waals surface area contributed by atoms with Gasteiger partial charge in [-0.15, -0.1) is 11.8 Å². The normalized spacial score (nSPS) is 14.6. The topological polar surface area (TPSA) is 32.3 Å². The summed E-state index contributed by atoms with van der Waals surface area (Å²) in [6, 6.07) is 6.07. The molecule has 0 radical (unpaired) electrons. The van der Waals surface area contributed by atoms with Crippen molar-refractivity contribution in [3.05, 3.63) is 28.8 Å². The summed E-state index contributed by atoms with van der Waals surface area (Å²) in [5.41, 5.74) is 1.11. The molecule has 0 amide bonds. The Labute approximate surface area is 113 Å². The van der Waals surface area contributed by atoms with Crippen LogP contribution < -0.4 is 5.32 Å². The third-order valence-corrected chi connectivity index (χ3v) is 4.23. The summed E-state index contributed by atoms with van der Waals surface area (Å²) in [6.45, 7) is 7.62. The molecule has 0 aliphatic rings. The van der Waals surface area contributed by atoms with E-state index in [2.05, 4.69) is 18.3 Å². The molecule has 0 fully saturated rings. The summed E-state index contributed by atoms with van der Waals surface area (Å²) >= 11 is 7.86. The van der Waals surface area contributed by atoms with Gasteiger partial charge in [0.1, 0.15) is 0 Å². The van der Waals surface area contributed by atoms with Crippen molar-refractivity contribution >= 4 is 23.4 Å². The third kappa shape index (κ3) is 4.88. The highest BCUT2D eigenvalue weighted by molar-refractivity contribution is 8.00. The van der Waals surface area contributed by atoms with Gasteiger partial charge in [-0.05, 0) is 31.2 Å². The van der Waals surface area contributed by atoms with Crippen molar-refractivity contribution in [1.82, 2.24) is 5.32 Å². The molecule has 0 aromatic heterocycles. The Morgan fingerprint density at radius 2 is 2.12 bits per heavy atom. The van der Waals surface area contributed by atoms with Crippen LogP contribution in [0.25, 0.3) is 0 Å². The zero-order valence-corrected chi connectivity index (χ0v) is 12.1. The van der Waals surface area contributed by atoms with E-state index in [1.807, 2.05) is 19.1 Å². The van der Waals surface area contributed by atoms with E-state index in [0.717, 1.165) is 28.6 Å². The van der Waals surface area contributed by atoms with E-state index in [4.69, 9.17) is 11.6 Å².